The fraction of sp³-hybridized carbons (Fsp3) is 0.484. The standard InChI is InChI=1S/C31H44O3SeSi/c1-26(16-9-8-12-25-36(4,5)6)17-13-20-28(31(33)34-3)21-14-18-27(2)19-15-24-30(32)35-29-22-10-7-11-23-29/h7,10-11,16,18,20,22-23H,8-9,13-15,17,19,21,24H2,1-6H3/b26-16+,27-18+,28-20+. The van der Waals surface area contributed by atoms with Crippen molar-refractivity contribution in [3.8, 4) is 11.5 Å². The molecular weight excluding hydrogens is 527 g/mol. The van der Waals surface area contributed by atoms with E-state index in [9.17, 15) is 9.59 Å². The van der Waals surface area contributed by atoms with E-state index in [2.05, 4.69) is 57.1 Å². The van der Waals surface area contributed by atoms with Crippen LogP contribution in [0.2, 0.25) is 19.6 Å². The summed E-state index contributed by atoms with van der Waals surface area (Å²) < 4.78 is 6.49. The van der Waals surface area contributed by atoms with Gasteiger partial charge >= 0.3 is 157 Å². The van der Waals surface area contributed by atoms with Gasteiger partial charge in [-0.2, -0.15) is 0 Å². The molecule has 0 aliphatic carbocycles. The van der Waals surface area contributed by atoms with Crippen LogP contribution in [0.1, 0.15) is 71.6 Å². The molecular formula is C31H44O3SeSi. The van der Waals surface area contributed by atoms with Gasteiger partial charge in [-0.25, -0.2) is 0 Å². The Balaban J connectivity index is 2.41. The molecule has 196 valence electrons. The minimum atomic E-state index is -1.28. The second kappa shape index (κ2) is 18.2. The molecule has 1 aromatic rings. The van der Waals surface area contributed by atoms with Crippen LogP contribution in [-0.4, -0.2) is 40.8 Å². The summed E-state index contributed by atoms with van der Waals surface area (Å²) in [5, 5.41) is 0. The number of carbonyl (C=O) groups excluding carboxylic acids is 2. The SMILES string of the molecule is COC(=O)/C(=C/CC/C(C)=C/CCC#C[Si](C)(C)C)CC/C=C(\C)CCCC(=O)[Se]c1ccccc1. The van der Waals surface area contributed by atoms with Crippen LogP contribution in [0.3, 0.4) is 0 Å². The van der Waals surface area contributed by atoms with Crippen LogP contribution < -0.4 is 4.46 Å². The number of carbonyl (C=O) groups is 2. The summed E-state index contributed by atoms with van der Waals surface area (Å²) in [5.41, 5.74) is 6.76. The Kier molecular flexibility index (Phi) is 16.1. The first-order valence-electron chi connectivity index (χ1n) is 12.9. The van der Waals surface area contributed by atoms with Crippen molar-refractivity contribution in [1.29, 1.82) is 0 Å². The molecule has 0 unspecified atom stereocenters. The van der Waals surface area contributed by atoms with Crippen LogP contribution in [0.5, 0.6) is 0 Å². The van der Waals surface area contributed by atoms with Gasteiger partial charge in [-0.15, -0.1) is 11.5 Å². The van der Waals surface area contributed by atoms with E-state index < -0.39 is 8.07 Å². The quantitative estimate of drug-likeness (QED) is 0.0573. The Morgan fingerprint density at radius 2 is 1.53 bits per heavy atom. The predicted molar refractivity (Wildman–Crippen MR) is 157 cm³/mol. The average molecular weight is 572 g/mol. The molecule has 1 aromatic carbocycles. The van der Waals surface area contributed by atoms with E-state index in [0.717, 1.165) is 55.0 Å². The number of hydrogen-bond acceptors (Lipinski definition) is 3. The van der Waals surface area contributed by atoms with Gasteiger partial charge in [0.1, 0.15) is 8.07 Å². The first kappa shape index (κ1) is 31.9. The van der Waals surface area contributed by atoms with Crippen LogP contribution in [0.15, 0.2) is 65.3 Å². The van der Waals surface area contributed by atoms with Gasteiger partial charge in [-0.1, -0.05) is 31.3 Å². The number of methoxy groups -OCH3 is 1. The summed E-state index contributed by atoms with van der Waals surface area (Å²) in [7, 11) is 0.166. The van der Waals surface area contributed by atoms with Gasteiger partial charge in [-0.05, 0) is 13.3 Å². The maximum absolute atomic E-state index is 12.2. The summed E-state index contributed by atoms with van der Waals surface area (Å²) in [6.07, 6.45) is 14.1. The summed E-state index contributed by atoms with van der Waals surface area (Å²) in [4.78, 5) is 24.4. The van der Waals surface area contributed by atoms with Crippen LogP contribution in [0.4, 0.5) is 0 Å². The zero-order valence-corrected chi connectivity index (χ0v) is 25.8. The average Bonchev–Trinajstić information content (AvgIpc) is 2.82. The van der Waals surface area contributed by atoms with Gasteiger partial charge < -0.3 is 0 Å². The number of ether oxygens (including phenoxy) is 1. The molecule has 0 spiro atoms. The third-order valence-electron chi connectivity index (χ3n) is 5.44. The summed E-state index contributed by atoms with van der Waals surface area (Å²) in [5.74, 6) is 3.07. The topological polar surface area (TPSA) is 43.4 Å². The van der Waals surface area contributed by atoms with Gasteiger partial charge in [0.15, 0.2) is 0 Å². The van der Waals surface area contributed by atoms with E-state index in [1.807, 2.05) is 36.4 Å². The molecule has 0 aliphatic rings. The molecule has 3 nitrogen and oxygen atoms in total. The van der Waals surface area contributed by atoms with Crippen molar-refractivity contribution in [2.75, 3.05) is 7.11 Å². The Labute approximate surface area is 227 Å². The summed E-state index contributed by atoms with van der Waals surface area (Å²) in [6, 6.07) is 10.00. The molecule has 0 aliphatic heterocycles. The molecule has 0 N–H and O–H groups in total. The summed E-state index contributed by atoms with van der Waals surface area (Å²) in [6.45, 7) is 11.0. The van der Waals surface area contributed by atoms with Crippen molar-refractivity contribution >= 4 is 38.1 Å². The van der Waals surface area contributed by atoms with E-state index >= 15 is 0 Å². The van der Waals surface area contributed by atoms with E-state index in [0.29, 0.717) is 17.5 Å². The first-order valence-corrected chi connectivity index (χ1v) is 18.2. The van der Waals surface area contributed by atoms with Crippen LogP contribution in [-0.2, 0) is 14.3 Å². The van der Waals surface area contributed by atoms with Crippen LogP contribution in [0, 0.1) is 11.5 Å². The number of esters is 1. The van der Waals surface area contributed by atoms with Crippen molar-refractivity contribution < 1.29 is 14.3 Å². The number of hydrogen-bond donors (Lipinski definition) is 0. The number of benzene rings is 1. The number of unbranched alkanes of at least 4 members (excludes halogenated alkanes) is 1. The van der Waals surface area contributed by atoms with Crippen molar-refractivity contribution in [2.45, 2.75) is 91.3 Å². The Morgan fingerprint density at radius 1 is 0.889 bits per heavy atom. The molecule has 0 aromatic heterocycles. The molecule has 1 rings (SSSR count). The Bertz CT molecular complexity index is 973. The van der Waals surface area contributed by atoms with Gasteiger partial charge in [0.05, 0.1) is 0 Å². The molecule has 5 heteroatoms. The molecule has 36 heavy (non-hydrogen) atoms. The zero-order chi connectivity index (χ0) is 26.8. The molecule has 0 radical (unpaired) electrons. The van der Waals surface area contributed by atoms with Crippen molar-refractivity contribution in [3.63, 3.8) is 0 Å². The molecule has 0 saturated heterocycles. The molecule has 0 atom stereocenters. The normalized spacial score (nSPS) is 12.7. The fourth-order valence-electron chi connectivity index (χ4n) is 3.47. The Hall–Kier alpha value is -2.12. The molecule has 0 heterocycles. The number of rotatable bonds is 15. The van der Waals surface area contributed by atoms with Crippen LogP contribution in [0.25, 0.3) is 0 Å². The van der Waals surface area contributed by atoms with E-state index in [1.165, 1.54) is 18.3 Å². The van der Waals surface area contributed by atoms with Crippen molar-refractivity contribution in [3.05, 3.63) is 65.3 Å². The van der Waals surface area contributed by atoms with Crippen LogP contribution >= 0.6 is 0 Å². The molecule has 0 bridgehead atoms. The Morgan fingerprint density at radius 3 is 2.19 bits per heavy atom. The predicted octanol–water partition coefficient (Wildman–Crippen LogP) is 6.93. The van der Waals surface area contributed by atoms with Gasteiger partial charge in [0, 0.05) is 6.42 Å². The minimum absolute atomic E-state index is 0.0889. The fourth-order valence-corrected chi connectivity index (χ4v) is 5.81. The molecule has 0 saturated carbocycles. The number of allylic oxidation sites excluding steroid dienone is 5. The summed E-state index contributed by atoms with van der Waals surface area (Å²) >= 11 is -0.0889. The maximum atomic E-state index is 12.2. The third-order valence-corrected chi connectivity index (χ3v) is 8.33. The van der Waals surface area contributed by atoms with Gasteiger partial charge in [0.2, 0.25) is 0 Å². The zero-order valence-electron chi connectivity index (χ0n) is 23.1. The van der Waals surface area contributed by atoms with Gasteiger partial charge in [0.25, 0.3) is 0 Å². The monoisotopic (exact) mass is 572 g/mol. The van der Waals surface area contributed by atoms with Crippen molar-refractivity contribution in [1.82, 2.24) is 0 Å². The van der Waals surface area contributed by atoms with Crippen molar-refractivity contribution in [2.24, 2.45) is 0 Å². The molecule has 0 amide bonds. The van der Waals surface area contributed by atoms with Gasteiger partial charge in [-0.3, -0.25) is 0 Å². The second-order valence-corrected chi connectivity index (χ2v) is 17.3. The van der Waals surface area contributed by atoms with E-state index in [-0.39, 0.29) is 20.9 Å². The van der Waals surface area contributed by atoms with E-state index in [1.54, 1.807) is 0 Å². The second-order valence-electron chi connectivity index (χ2n) is 10.1. The first-order chi connectivity index (χ1) is 17.1. The molecule has 0 fully saturated rings. The van der Waals surface area contributed by atoms with E-state index in [4.69, 9.17) is 4.74 Å². The third kappa shape index (κ3) is 16.5.